The Morgan fingerprint density at radius 2 is 1.85 bits per heavy atom. The number of hydrogen-bond donors (Lipinski definition) is 2. The first kappa shape index (κ1) is 14.8. The summed E-state index contributed by atoms with van der Waals surface area (Å²) in [7, 11) is 4.40. The second kappa shape index (κ2) is 5.91. The summed E-state index contributed by atoms with van der Waals surface area (Å²) < 4.78 is 0. The van der Waals surface area contributed by atoms with E-state index >= 15 is 0 Å². The normalized spacial score (nSPS) is 36.9. The SMILES string of the molecule is CN(C)C1CCN(C2CCC(CO)(NC3CC3)C2)CC1. The predicted molar refractivity (Wildman–Crippen MR) is 81.9 cm³/mol. The van der Waals surface area contributed by atoms with Gasteiger partial charge in [-0.1, -0.05) is 0 Å². The van der Waals surface area contributed by atoms with Gasteiger partial charge in [0.1, 0.15) is 0 Å². The number of rotatable bonds is 5. The fourth-order valence-corrected chi connectivity index (χ4v) is 4.16. The Hall–Kier alpha value is -0.160. The van der Waals surface area contributed by atoms with Crippen LogP contribution in [0.1, 0.15) is 44.9 Å². The van der Waals surface area contributed by atoms with Crippen molar-refractivity contribution in [3.05, 3.63) is 0 Å². The number of aliphatic hydroxyl groups excluding tert-OH is 1. The summed E-state index contributed by atoms with van der Waals surface area (Å²) in [6.45, 7) is 2.78. The fourth-order valence-electron chi connectivity index (χ4n) is 4.16. The number of piperidine rings is 1. The van der Waals surface area contributed by atoms with E-state index in [-0.39, 0.29) is 5.54 Å². The number of aliphatic hydroxyl groups is 1. The van der Waals surface area contributed by atoms with E-state index in [1.807, 2.05) is 0 Å². The molecule has 0 aromatic rings. The maximum atomic E-state index is 9.84. The van der Waals surface area contributed by atoms with Crippen molar-refractivity contribution >= 4 is 0 Å². The second-order valence-corrected chi connectivity index (χ2v) is 7.48. The van der Waals surface area contributed by atoms with E-state index < -0.39 is 0 Å². The van der Waals surface area contributed by atoms with Gasteiger partial charge in [0.2, 0.25) is 0 Å². The molecular weight excluding hydrogens is 250 g/mol. The molecule has 1 heterocycles. The highest BCUT2D eigenvalue weighted by Crippen LogP contribution is 2.37. The van der Waals surface area contributed by atoms with Crippen LogP contribution in [0.25, 0.3) is 0 Å². The van der Waals surface area contributed by atoms with Crippen LogP contribution in [0.5, 0.6) is 0 Å². The van der Waals surface area contributed by atoms with Crippen molar-refractivity contribution in [1.29, 1.82) is 0 Å². The Morgan fingerprint density at radius 3 is 2.40 bits per heavy atom. The molecule has 2 saturated carbocycles. The van der Waals surface area contributed by atoms with Gasteiger partial charge in [0, 0.05) is 23.7 Å². The van der Waals surface area contributed by atoms with E-state index in [1.165, 1.54) is 45.2 Å². The molecule has 4 nitrogen and oxygen atoms in total. The van der Waals surface area contributed by atoms with Gasteiger partial charge in [0.15, 0.2) is 0 Å². The lowest BCUT2D eigenvalue weighted by atomic mass is 9.97. The topological polar surface area (TPSA) is 38.7 Å². The number of hydrogen-bond acceptors (Lipinski definition) is 4. The molecule has 116 valence electrons. The number of nitrogens with zero attached hydrogens (tertiary/aromatic N) is 2. The van der Waals surface area contributed by atoms with Crippen molar-refractivity contribution in [3.8, 4) is 0 Å². The molecule has 3 aliphatic rings. The molecule has 3 fully saturated rings. The third kappa shape index (κ3) is 3.19. The van der Waals surface area contributed by atoms with Gasteiger partial charge < -0.3 is 20.2 Å². The average molecular weight is 281 g/mol. The minimum atomic E-state index is 0.0320. The van der Waals surface area contributed by atoms with E-state index in [2.05, 4.69) is 29.2 Å². The molecule has 0 spiro atoms. The first-order valence-electron chi connectivity index (χ1n) is 8.41. The molecular formula is C16H31N3O. The molecule has 1 saturated heterocycles. The monoisotopic (exact) mass is 281 g/mol. The van der Waals surface area contributed by atoms with E-state index in [0.717, 1.165) is 18.9 Å². The van der Waals surface area contributed by atoms with Crippen LogP contribution in [0.15, 0.2) is 0 Å². The Bertz CT molecular complexity index is 324. The summed E-state index contributed by atoms with van der Waals surface area (Å²) in [6, 6.07) is 2.15. The maximum absolute atomic E-state index is 9.84. The third-order valence-corrected chi connectivity index (χ3v) is 5.72. The van der Waals surface area contributed by atoms with Crippen LogP contribution >= 0.6 is 0 Å². The first-order chi connectivity index (χ1) is 9.62. The number of likely N-dealkylation sites (tertiary alicyclic amines) is 1. The molecule has 3 rings (SSSR count). The number of nitrogens with one attached hydrogen (secondary N) is 1. The molecule has 0 bridgehead atoms. The molecule has 2 N–H and O–H groups in total. The van der Waals surface area contributed by atoms with E-state index in [4.69, 9.17) is 0 Å². The van der Waals surface area contributed by atoms with Gasteiger partial charge in [-0.05, 0) is 72.1 Å². The fraction of sp³-hybridized carbons (Fsp3) is 1.00. The quantitative estimate of drug-likeness (QED) is 0.790. The summed E-state index contributed by atoms with van der Waals surface area (Å²) in [5, 5.41) is 13.6. The van der Waals surface area contributed by atoms with Gasteiger partial charge in [-0.15, -0.1) is 0 Å². The van der Waals surface area contributed by atoms with Crippen LogP contribution in [-0.4, -0.2) is 72.4 Å². The zero-order valence-electron chi connectivity index (χ0n) is 13.1. The Kier molecular flexibility index (Phi) is 4.37. The zero-order valence-corrected chi connectivity index (χ0v) is 13.1. The van der Waals surface area contributed by atoms with Crippen molar-refractivity contribution in [1.82, 2.24) is 15.1 Å². The third-order valence-electron chi connectivity index (χ3n) is 5.72. The minimum Gasteiger partial charge on any atom is -0.394 e. The van der Waals surface area contributed by atoms with Crippen LogP contribution in [0, 0.1) is 0 Å². The van der Waals surface area contributed by atoms with Crippen molar-refractivity contribution in [2.24, 2.45) is 0 Å². The van der Waals surface area contributed by atoms with Crippen molar-refractivity contribution in [2.75, 3.05) is 33.8 Å². The lowest BCUT2D eigenvalue weighted by molar-refractivity contribution is 0.0979. The molecule has 2 atom stereocenters. The molecule has 4 heteroatoms. The molecule has 1 aliphatic heterocycles. The Balaban J connectivity index is 1.52. The van der Waals surface area contributed by atoms with Crippen molar-refractivity contribution in [3.63, 3.8) is 0 Å². The summed E-state index contributed by atoms with van der Waals surface area (Å²) in [6.07, 6.45) is 8.76. The average Bonchev–Trinajstić information content (AvgIpc) is 3.16. The highest BCUT2D eigenvalue weighted by molar-refractivity contribution is 5.03. The van der Waals surface area contributed by atoms with Crippen LogP contribution < -0.4 is 5.32 Å². The Morgan fingerprint density at radius 1 is 1.15 bits per heavy atom. The van der Waals surface area contributed by atoms with E-state index in [1.54, 1.807) is 0 Å². The van der Waals surface area contributed by atoms with Gasteiger partial charge in [0.25, 0.3) is 0 Å². The second-order valence-electron chi connectivity index (χ2n) is 7.48. The van der Waals surface area contributed by atoms with Crippen LogP contribution in [0.4, 0.5) is 0 Å². The molecule has 0 radical (unpaired) electrons. The van der Waals surface area contributed by atoms with Gasteiger partial charge in [-0.3, -0.25) is 0 Å². The summed E-state index contributed by atoms with van der Waals surface area (Å²) >= 11 is 0. The minimum absolute atomic E-state index is 0.0320. The predicted octanol–water partition coefficient (Wildman–Crippen LogP) is 1.05. The molecule has 2 aliphatic carbocycles. The summed E-state index contributed by atoms with van der Waals surface area (Å²) in [4.78, 5) is 5.06. The molecule has 0 aromatic carbocycles. The van der Waals surface area contributed by atoms with Crippen LogP contribution in [0.3, 0.4) is 0 Å². The zero-order chi connectivity index (χ0) is 14.2. The smallest absolute Gasteiger partial charge is 0.0614 e. The summed E-state index contributed by atoms with van der Waals surface area (Å²) in [5.41, 5.74) is 0.0320. The largest absolute Gasteiger partial charge is 0.394 e. The lowest BCUT2D eigenvalue weighted by Crippen LogP contribution is -2.50. The highest BCUT2D eigenvalue weighted by Gasteiger charge is 2.44. The van der Waals surface area contributed by atoms with Crippen molar-refractivity contribution in [2.45, 2.75) is 68.6 Å². The molecule has 20 heavy (non-hydrogen) atoms. The standard InChI is InChI=1S/C16H31N3O/c1-18(2)14-6-9-19(10-7-14)15-5-8-16(11-15,12-20)17-13-3-4-13/h13-15,17,20H,3-12H2,1-2H3. The lowest BCUT2D eigenvalue weighted by Gasteiger charge is -2.39. The maximum Gasteiger partial charge on any atom is 0.0614 e. The summed E-state index contributed by atoms with van der Waals surface area (Å²) in [5.74, 6) is 0. The van der Waals surface area contributed by atoms with Gasteiger partial charge >= 0.3 is 0 Å². The van der Waals surface area contributed by atoms with Gasteiger partial charge in [-0.25, -0.2) is 0 Å². The van der Waals surface area contributed by atoms with Gasteiger partial charge in [-0.2, -0.15) is 0 Å². The van der Waals surface area contributed by atoms with Crippen LogP contribution in [-0.2, 0) is 0 Å². The first-order valence-corrected chi connectivity index (χ1v) is 8.41. The van der Waals surface area contributed by atoms with E-state index in [0.29, 0.717) is 18.7 Å². The molecule has 0 amide bonds. The molecule has 0 aromatic heterocycles. The van der Waals surface area contributed by atoms with Gasteiger partial charge in [0.05, 0.1) is 6.61 Å². The van der Waals surface area contributed by atoms with Crippen molar-refractivity contribution < 1.29 is 5.11 Å². The highest BCUT2D eigenvalue weighted by atomic mass is 16.3. The molecule has 2 unspecified atom stereocenters. The van der Waals surface area contributed by atoms with E-state index in [9.17, 15) is 5.11 Å². The Labute approximate surface area is 123 Å². The van der Waals surface area contributed by atoms with Crippen LogP contribution in [0.2, 0.25) is 0 Å².